The van der Waals surface area contributed by atoms with E-state index in [1.807, 2.05) is 19.1 Å². The van der Waals surface area contributed by atoms with Gasteiger partial charge in [-0.25, -0.2) is 4.99 Å². The van der Waals surface area contributed by atoms with Crippen molar-refractivity contribution in [2.75, 3.05) is 13.2 Å². The van der Waals surface area contributed by atoms with E-state index in [9.17, 15) is 9.59 Å². The Morgan fingerprint density at radius 2 is 2.08 bits per heavy atom. The van der Waals surface area contributed by atoms with Crippen LogP contribution in [0.5, 0.6) is 0 Å². The van der Waals surface area contributed by atoms with Gasteiger partial charge in [0, 0.05) is 16.5 Å². The van der Waals surface area contributed by atoms with Crippen molar-refractivity contribution in [1.29, 1.82) is 0 Å². The first-order valence-electron chi connectivity index (χ1n) is 7.70. The lowest BCUT2D eigenvalue weighted by Crippen LogP contribution is -2.43. The summed E-state index contributed by atoms with van der Waals surface area (Å²) in [4.78, 5) is 29.6. The Hall–Kier alpha value is -1.74. The van der Waals surface area contributed by atoms with Crippen LogP contribution in [-0.2, 0) is 16.6 Å². The first kappa shape index (κ1) is 15.8. The van der Waals surface area contributed by atoms with Crippen LogP contribution >= 0.6 is 22.6 Å². The first-order valence-corrected chi connectivity index (χ1v) is 8.78. The molecule has 4 rings (SSSR count). The van der Waals surface area contributed by atoms with E-state index in [0.717, 1.165) is 9.13 Å². The van der Waals surface area contributed by atoms with Gasteiger partial charge in [-0.3, -0.25) is 19.4 Å². The van der Waals surface area contributed by atoms with Crippen LogP contribution in [0.1, 0.15) is 22.6 Å². The number of hydrogen-bond donors (Lipinski definition) is 1. The lowest BCUT2D eigenvalue weighted by molar-refractivity contribution is -0.127. The average Bonchev–Trinajstić information content (AvgIpc) is 2.83. The number of aliphatic imine (C=N–C) groups is 1. The number of hydrogen-bond acceptors (Lipinski definition) is 4. The summed E-state index contributed by atoms with van der Waals surface area (Å²) in [7, 11) is 1.76. The SMILES string of the molecule is Cc1ccc(C2c3c(n(C)[nH]c3=O)N=C3COCC(=O)C32)cc1I. The minimum atomic E-state index is -0.423. The van der Waals surface area contributed by atoms with Gasteiger partial charge in [-0.05, 0) is 46.7 Å². The summed E-state index contributed by atoms with van der Waals surface area (Å²) in [6.07, 6.45) is 0. The zero-order valence-electron chi connectivity index (χ0n) is 13.3. The minimum Gasteiger partial charge on any atom is -0.368 e. The standard InChI is InChI=1S/C17H16IN3O3/c1-8-3-4-9(5-10(8)18)13-14-11(6-24-7-12(14)22)19-16-15(13)17(23)20-21(16)2/h3-5,13-14H,6-7H2,1-2H3,(H,20,23). The number of aromatic nitrogens is 2. The fraction of sp³-hybridized carbons (Fsp3) is 0.353. The Morgan fingerprint density at radius 3 is 2.83 bits per heavy atom. The van der Waals surface area contributed by atoms with Crippen molar-refractivity contribution in [2.45, 2.75) is 12.8 Å². The minimum absolute atomic E-state index is 0.0190. The fourth-order valence-electron chi connectivity index (χ4n) is 3.53. The van der Waals surface area contributed by atoms with Gasteiger partial charge in [-0.15, -0.1) is 0 Å². The van der Waals surface area contributed by atoms with Crippen molar-refractivity contribution in [3.05, 3.63) is 48.8 Å². The van der Waals surface area contributed by atoms with E-state index in [4.69, 9.17) is 4.74 Å². The van der Waals surface area contributed by atoms with Gasteiger partial charge in [0.1, 0.15) is 6.61 Å². The number of nitrogens with one attached hydrogen (secondary N) is 1. The summed E-state index contributed by atoms with van der Waals surface area (Å²) >= 11 is 2.28. The number of rotatable bonds is 1. The highest BCUT2D eigenvalue weighted by Crippen LogP contribution is 2.42. The van der Waals surface area contributed by atoms with Gasteiger partial charge in [0.2, 0.25) is 0 Å². The molecule has 1 saturated heterocycles. The maximum absolute atomic E-state index is 12.6. The molecule has 7 heteroatoms. The van der Waals surface area contributed by atoms with E-state index in [1.54, 1.807) is 11.7 Å². The van der Waals surface area contributed by atoms with E-state index in [0.29, 0.717) is 23.7 Å². The summed E-state index contributed by atoms with van der Waals surface area (Å²) in [6, 6.07) is 6.09. The fourth-order valence-corrected chi connectivity index (χ4v) is 4.07. The molecule has 1 N–H and O–H groups in total. The molecule has 0 spiro atoms. The van der Waals surface area contributed by atoms with Crippen LogP contribution in [0.25, 0.3) is 0 Å². The Kier molecular flexibility index (Phi) is 3.72. The van der Waals surface area contributed by atoms with Crippen molar-refractivity contribution in [3.63, 3.8) is 0 Å². The first-order chi connectivity index (χ1) is 11.5. The highest BCUT2D eigenvalue weighted by molar-refractivity contribution is 14.1. The molecule has 2 atom stereocenters. The van der Waals surface area contributed by atoms with E-state index < -0.39 is 5.92 Å². The molecule has 0 aliphatic carbocycles. The summed E-state index contributed by atoms with van der Waals surface area (Å²) in [6.45, 7) is 2.44. The summed E-state index contributed by atoms with van der Waals surface area (Å²) in [5.41, 5.74) is 3.23. The van der Waals surface area contributed by atoms with Crippen LogP contribution in [0, 0.1) is 16.4 Å². The maximum atomic E-state index is 12.6. The molecule has 1 fully saturated rings. The number of ether oxygens (including phenoxy) is 1. The third-order valence-electron chi connectivity index (χ3n) is 4.72. The molecule has 0 bridgehead atoms. The molecule has 0 amide bonds. The van der Waals surface area contributed by atoms with Gasteiger partial charge in [0.25, 0.3) is 5.56 Å². The number of Topliss-reactive ketones (excluding diaryl/α,β-unsaturated/α-hetero) is 1. The second-order valence-electron chi connectivity index (χ2n) is 6.26. The van der Waals surface area contributed by atoms with Crippen LogP contribution in [0.2, 0.25) is 0 Å². The van der Waals surface area contributed by atoms with Crippen LogP contribution in [0.4, 0.5) is 5.82 Å². The van der Waals surface area contributed by atoms with Crippen LogP contribution in [0.3, 0.4) is 0 Å². The van der Waals surface area contributed by atoms with Gasteiger partial charge >= 0.3 is 0 Å². The van der Waals surface area contributed by atoms with Gasteiger partial charge in [0.15, 0.2) is 11.6 Å². The van der Waals surface area contributed by atoms with Crippen molar-refractivity contribution in [1.82, 2.24) is 9.78 Å². The molecule has 2 aliphatic heterocycles. The van der Waals surface area contributed by atoms with Crippen molar-refractivity contribution in [2.24, 2.45) is 18.0 Å². The van der Waals surface area contributed by atoms with Crippen LogP contribution in [0.15, 0.2) is 28.0 Å². The number of carbonyl (C=O) groups excluding carboxylic acids is 1. The molecular formula is C17H16IN3O3. The number of carbonyl (C=O) groups is 1. The van der Waals surface area contributed by atoms with Gasteiger partial charge in [-0.1, -0.05) is 12.1 Å². The molecule has 0 radical (unpaired) electrons. The third-order valence-corrected chi connectivity index (χ3v) is 5.88. The number of halogens is 1. The van der Waals surface area contributed by atoms with E-state index in [2.05, 4.69) is 38.7 Å². The molecule has 1 aromatic heterocycles. The second kappa shape index (κ2) is 5.66. The Bertz CT molecular complexity index is 941. The molecule has 1 aromatic carbocycles. The Morgan fingerprint density at radius 1 is 1.29 bits per heavy atom. The zero-order chi connectivity index (χ0) is 17.0. The molecule has 2 unspecified atom stereocenters. The number of H-pyrrole nitrogens is 1. The predicted molar refractivity (Wildman–Crippen MR) is 98.2 cm³/mol. The number of benzene rings is 1. The van der Waals surface area contributed by atoms with E-state index in [1.165, 1.54) is 5.56 Å². The van der Waals surface area contributed by atoms with Crippen LogP contribution in [-0.4, -0.2) is 34.5 Å². The number of fused-ring (bicyclic) bond motifs is 2. The zero-order valence-corrected chi connectivity index (χ0v) is 15.5. The molecule has 2 aromatic rings. The van der Waals surface area contributed by atoms with E-state index in [-0.39, 0.29) is 23.9 Å². The van der Waals surface area contributed by atoms with Gasteiger partial charge in [0.05, 0.1) is 23.8 Å². The number of nitrogens with zero attached hydrogens (tertiary/aromatic N) is 2. The van der Waals surface area contributed by atoms with Crippen molar-refractivity contribution < 1.29 is 9.53 Å². The highest BCUT2D eigenvalue weighted by Gasteiger charge is 2.43. The van der Waals surface area contributed by atoms with Crippen LogP contribution < -0.4 is 5.56 Å². The molecule has 2 aliphatic rings. The van der Waals surface area contributed by atoms with Gasteiger partial charge < -0.3 is 4.74 Å². The summed E-state index contributed by atoms with van der Waals surface area (Å²) in [5.74, 6) is -0.171. The van der Waals surface area contributed by atoms with Gasteiger partial charge in [-0.2, -0.15) is 0 Å². The lowest BCUT2D eigenvalue weighted by Gasteiger charge is -2.33. The quantitative estimate of drug-likeness (QED) is 0.695. The topological polar surface area (TPSA) is 76.4 Å². The summed E-state index contributed by atoms with van der Waals surface area (Å²) in [5, 5.41) is 2.77. The Labute approximate surface area is 152 Å². The van der Waals surface area contributed by atoms with Crippen molar-refractivity contribution in [3.8, 4) is 0 Å². The molecular weight excluding hydrogens is 421 g/mol. The third kappa shape index (κ3) is 2.29. The lowest BCUT2D eigenvalue weighted by atomic mass is 9.74. The predicted octanol–water partition coefficient (Wildman–Crippen LogP) is 2.06. The smallest absolute Gasteiger partial charge is 0.270 e. The molecule has 6 nitrogen and oxygen atoms in total. The molecule has 124 valence electrons. The number of aromatic amines is 1. The normalized spacial score (nSPS) is 22.8. The highest BCUT2D eigenvalue weighted by atomic mass is 127. The molecule has 24 heavy (non-hydrogen) atoms. The monoisotopic (exact) mass is 437 g/mol. The Balaban J connectivity index is 1.98. The largest absolute Gasteiger partial charge is 0.368 e. The number of ketones is 1. The molecule has 0 saturated carbocycles. The molecule has 3 heterocycles. The maximum Gasteiger partial charge on any atom is 0.270 e. The number of aryl methyl sites for hydroxylation is 2. The second-order valence-corrected chi connectivity index (χ2v) is 7.43. The van der Waals surface area contributed by atoms with Crippen molar-refractivity contribution >= 4 is 39.9 Å². The summed E-state index contributed by atoms with van der Waals surface area (Å²) < 4.78 is 8.09. The van der Waals surface area contributed by atoms with E-state index >= 15 is 0 Å². The average molecular weight is 437 g/mol.